The van der Waals surface area contributed by atoms with Crippen LogP contribution < -0.4 is 16.2 Å². The van der Waals surface area contributed by atoms with E-state index in [0.717, 1.165) is 25.0 Å². The summed E-state index contributed by atoms with van der Waals surface area (Å²) >= 11 is 5.73. The van der Waals surface area contributed by atoms with Gasteiger partial charge in [-0.1, -0.05) is 11.6 Å². The lowest BCUT2D eigenvalue weighted by Crippen LogP contribution is -2.46. The number of carbonyl (C=O) groups is 2. The van der Waals surface area contributed by atoms with Gasteiger partial charge in [-0.25, -0.2) is 14.5 Å². The van der Waals surface area contributed by atoms with E-state index in [1.54, 1.807) is 19.1 Å². The van der Waals surface area contributed by atoms with Gasteiger partial charge in [-0.15, -0.1) is 0 Å². The second-order valence-electron chi connectivity index (χ2n) is 10.6. The van der Waals surface area contributed by atoms with Crippen molar-refractivity contribution in [3.05, 3.63) is 80.0 Å². The topological polar surface area (TPSA) is 109 Å². The molecule has 13 heteroatoms. The molecule has 2 N–H and O–H groups in total. The SMILES string of the molecule is CC(C)Nc1nc2c(c(=O)n1-c1ccc(C(=O)NC3CC3)nc1)C[C@@H](C)N(C(=O)c1ccc(Cl)c(C(F)(F)F)c1)C2. The summed E-state index contributed by atoms with van der Waals surface area (Å²) in [6.45, 7) is 5.40. The molecule has 3 heterocycles. The van der Waals surface area contributed by atoms with Gasteiger partial charge in [-0.2, -0.15) is 13.2 Å². The van der Waals surface area contributed by atoms with Crippen LogP contribution >= 0.6 is 11.6 Å². The molecule has 1 fully saturated rings. The van der Waals surface area contributed by atoms with E-state index in [1.807, 2.05) is 13.8 Å². The molecule has 216 valence electrons. The number of carbonyl (C=O) groups excluding carboxylic acids is 2. The van der Waals surface area contributed by atoms with E-state index in [2.05, 4.69) is 20.6 Å². The van der Waals surface area contributed by atoms with Crippen molar-refractivity contribution in [1.29, 1.82) is 0 Å². The van der Waals surface area contributed by atoms with Crippen LogP contribution in [0.15, 0.2) is 41.3 Å². The zero-order chi connectivity index (χ0) is 29.6. The Hall–Kier alpha value is -3.93. The van der Waals surface area contributed by atoms with Gasteiger partial charge in [0.05, 0.1) is 34.7 Å². The number of nitrogens with one attached hydrogen (secondary N) is 2. The van der Waals surface area contributed by atoms with Crippen LogP contribution in [0.2, 0.25) is 5.02 Å². The van der Waals surface area contributed by atoms with Gasteiger partial charge >= 0.3 is 6.18 Å². The highest BCUT2D eigenvalue weighted by Crippen LogP contribution is 2.36. The zero-order valence-electron chi connectivity index (χ0n) is 22.6. The Morgan fingerprint density at radius 2 is 1.88 bits per heavy atom. The molecule has 5 rings (SSSR count). The van der Waals surface area contributed by atoms with Crippen molar-refractivity contribution < 1.29 is 22.8 Å². The molecular weight excluding hydrogens is 561 g/mol. The first-order valence-electron chi connectivity index (χ1n) is 13.2. The van der Waals surface area contributed by atoms with Crippen LogP contribution in [0.3, 0.4) is 0 Å². The Morgan fingerprint density at radius 1 is 1.15 bits per heavy atom. The van der Waals surface area contributed by atoms with Gasteiger partial charge in [-0.3, -0.25) is 14.4 Å². The Morgan fingerprint density at radius 3 is 2.49 bits per heavy atom. The molecule has 1 atom stereocenters. The Bertz CT molecular complexity index is 1570. The first-order valence-corrected chi connectivity index (χ1v) is 13.6. The smallest absolute Gasteiger partial charge is 0.353 e. The van der Waals surface area contributed by atoms with E-state index in [1.165, 1.54) is 21.7 Å². The van der Waals surface area contributed by atoms with E-state index in [9.17, 15) is 27.6 Å². The first-order chi connectivity index (χ1) is 19.3. The Balaban J connectivity index is 1.49. The fourth-order valence-corrected chi connectivity index (χ4v) is 4.93. The summed E-state index contributed by atoms with van der Waals surface area (Å²) in [6, 6.07) is 5.77. The molecule has 0 spiro atoms. The molecule has 1 aromatic carbocycles. The summed E-state index contributed by atoms with van der Waals surface area (Å²) in [5.41, 5.74) is -0.246. The highest BCUT2D eigenvalue weighted by Gasteiger charge is 2.36. The molecule has 2 aromatic heterocycles. The van der Waals surface area contributed by atoms with E-state index < -0.39 is 28.7 Å². The molecule has 9 nitrogen and oxygen atoms in total. The number of rotatable bonds is 6. The van der Waals surface area contributed by atoms with Crippen LogP contribution in [0, 0.1) is 0 Å². The predicted molar refractivity (Wildman–Crippen MR) is 146 cm³/mol. The summed E-state index contributed by atoms with van der Waals surface area (Å²) in [5, 5.41) is 5.53. The summed E-state index contributed by atoms with van der Waals surface area (Å²) in [7, 11) is 0. The third-order valence-corrected chi connectivity index (χ3v) is 7.29. The summed E-state index contributed by atoms with van der Waals surface area (Å²) in [6.07, 6.45) is -1.25. The molecule has 41 heavy (non-hydrogen) atoms. The van der Waals surface area contributed by atoms with Gasteiger partial charge in [-0.05, 0) is 70.4 Å². The lowest BCUT2D eigenvalue weighted by Gasteiger charge is -2.35. The number of amides is 2. The normalized spacial score (nSPS) is 16.9. The summed E-state index contributed by atoms with van der Waals surface area (Å²) < 4.78 is 41.6. The third-order valence-electron chi connectivity index (χ3n) is 6.96. The van der Waals surface area contributed by atoms with Crippen molar-refractivity contribution in [3.8, 4) is 5.69 Å². The molecule has 1 aliphatic heterocycles. The monoisotopic (exact) mass is 588 g/mol. The average Bonchev–Trinajstić information content (AvgIpc) is 3.72. The van der Waals surface area contributed by atoms with Gasteiger partial charge < -0.3 is 15.5 Å². The van der Waals surface area contributed by atoms with E-state index >= 15 is 0 Å². The summed E-state index contributed by atoms with van der Waals surface area (Å²) in [4.78, 5) is 49.8. The minimum absolute atomic E-state index is 0.0688. The number of aromatic nitrogens is 3. The van der Waals surface area contributed by atoms with Gasteiger partial charge in [0.25, 0.3) is 17.4 Å². The van der Waals surface area contributed by atoms with Gasteiger partial charge in [0.1, 0.15) is 5.69 Å². The zero-order valence-corrected chi connectivity index (χ0v) is 23.3. The minimum atomic E-state index is -4.72. The van der Waals surface area contributed by atoms with Crippen molar-refractivity contribution in [2.24, 2.45) is 0 Å². The number of benzene rings is 1. The second-order valence-corrected chi connectivity index (χ2v) is 11.0. The number of pyridine rings is 1. The van der Waals surface area contributed by atoms with Crippen LogP contribution in [0.4, 0.5) is 19.1 Å². The number of hydrogen-bond donors (Lipinski definition) is 2. The molecule has 3 aromatic rings. The van der Waals surface area contributed by atoms with E-state index in [4.69, 9.17) is 11.6 Å². The van der Waals surface area contributed by atoms with Crippen molar-refractivity contribution in [2.45, 2.75) is 70.9 Å². The van der Waals surface area contributed by atoms with Crippen molar-refractivity contribution in [1.82, 2.24) is 24.8 Å². The van der Waals surface area contributed by atoms with Crippen LogP contribution in [0.1, 0.15) is 71.3 Å². The maximum absolute atomic E-state index is 13.8. The second kappa shape index (κ2) is 10.8. The molecule has 2 amide bonds. The van der Waals surface area contributed by atoms with Crippen LogP contribution in [-0.2, 0) is 19.1 Å². The van der Waals surface area contributed by atoms with Crippen LogP contribution in [-0.4, -0.2) is 49.4 Å². The van der Waals surface area contributed by atoms with Crippen molar-refractivity contribution in [3.63, 3.8) is 0 Å². The molecular formula is C28H28ClF3N6O3. The number of anilines is 1. The Labute approximate surface area is 238 Å². The number of halogens is 4. The lowest BCUT2D eigenvalue weighted by atomic mass is 9.98. The molecule has 1 aliphatic carbocycles. The molecule has 0 saturated heterocycles. The number of nitrogens with zero attached hydrogens (tertiary/aromatic N) is 4. The van der Waals surface area contributed by atoms with Crippen LogP contribution in [0.25, 0.3) is 5.69 Å². The molecule has 2 aliphatic rings. The molecule has 0 bridgehead atoms. The molecule has 1 saturated carbocycles. The lowest BCUT2D eigenvalue weighted by molar-refractivity contribution is -0.137. The average molecular weight is 589 g/mol. The standard InChI is InChI=1S/C28H28ClF3N6O3/c1-14(2)34-27-36-23-13-37(25(40)16-4-8-21(29)20(11-16)28(30,31)32)15(3)10-19(23)26(41)38(27)18-7-9-22(33-12-18)24(39)35-17-5-6-17/h4,7-9,11-12,14-15,17H,5-6,10,13H2,1-3H3,(H,34,36)(H,35,39)/t15-/m1/s1. The van der Waals surface area contributed by atoms with Gasteiger partial charge in [0.2, 0.25) is 5.95 Å². The highest BCUT2D eigenvalue weighted by atomic mass is 35.5. The van der Waals surface area contributed by atoms with Crippen LogP contribution in [0.5, 0.6) is 0 Å². The maximum Gasteiger partial charge on any atom is 0.417 e. The van der Waals surface area contributed by atoms with E-state index in [-0.39, 0.29) is 53.7 Å². The Kier molecular flexibility index (Phi) is 7.54. The first kappa shape index (κ1) is 28.6. The number of fused-ring (bicyclic) bond motifs is 1. The quantitative estimate of drug-likeness (QED) is 0.436. The fourth-order valence-electron chi connectivity index (χ4n) is 4.71. The largest absolute Gasteiger partial charge is 0.417 e. The third kappa shape index (κ3) is 5.92. The molecule has 0 unspecified atom stereocenters. The van der Waals surface area contributed by atoms with E-state index in [0.29, 0.717) is 16.9 Å². The van der Waals surface area contributed by atoms with Crippen molar-refractivity contribution >= 4 is 29.4 Å². The van der Waals surface area contributed by atoms with Gasteiger partial charge in [0, 0.05) is 29.3 Å². The fraction of sp³-hybridized carbons (Fsp3) is 0.393. The number of hydrogen-bond acceptors (Lipinski definition) is 6. The summed E-state index contributed by atoms with van der Waals surface area (Å²) in [5.74, 6) is -0.690. The van der Waals surface area contributed by atoms with Gasteiger partial charge in [0.15, 0.2) is 0 Å². The predicted octanol–water partition coefficient (Wildman–Crippen LogP) is 4.60. The molecule has 0 radical (unpaired) electrons. The maximum atomic E-state index is 13.8. The number of alkyl halides is 3. The highest BCUT2D eigenvalue weighted by molar-refractivity contribution is 6.31. The minimum Gasteiger partial charge on any atom is -0.353 e. The van der Waals surface area contributed by atoms with Crippen molar-refractivity contribution in [2.75, 3.05) is 5.32 Å².